The first-order valence-corrected chi connectivity index (χ1v) is 4.76. The third kappa shape index (κ3) is 2.99. The summed E-state index contributed by atoms with van der Waals surface area (Å²) in [5.41, 5.74) is 0.759. The number of halogens is 2. The number of carbonyl (C=O) groups is 1. The molecule has 1 rings (SSSR count). The number of carboxylic acid groups (broad SMARTS) is 1. The van der Waals surface area contributed by atoms with Gasteiger partial charge in [-0.25, -0.2) is 9.18 Å². The van der Waals surface area contributed by atoms with Gasteiger partial charge in [-0.15, -0.1) is 0 Å². The molecule has 5 heteroatoms. The first-order chi connectivity index (χ1) is 6.63. The van der Waals surface area contributed by atoms with Gasteiger partial charge >= 0.3 is 5.97 Å². The van der Waals surface area contributed by atoms with Crippen LogP contribution in [-0.4, -0.2) is 24.3 Å². The topological polar surface area (TPSA) is 49.3 Å². The zero-order chi connectivity index (χ0) is 10.6. The predicted molar refractivity (Wildman–Crippen MR) is 55.6 cm³/mol. The van der Waals surface area contributed by atoms with Crippen LogP contribution in [0, 0.1) is 0 Å². The number of aromatic carboxylic acids is 1. The van der Waals surface area contributed by atoms with E-state index < -0.39 is 12.6 Å². The number of benzene rings is 1. The van der Waals surface area contributed by atoms with E-state index in [0.717, 1.165) is 0 Å². The number of alkyl halides is 1. The highest BCUT2D eigenvalue weighted by molar-refractivity contribution is 9.10. The molecule has 0 aliphatic heterocycles. The second kappa shape index (κ2) is 4.95. The molecule has 14 heavy (non-hydrogen) atoms. The molecule has 0 aliphatic carbocycles. The standard InChI is InChI=1S/C9H9BrFNO2/c10-7-3-6(9(13)14)4-8(5-7)12-2-1-11/h3-5,12H,1-2H2,(H,13,14). The van der Waals surface area contributed by atoms with Crippen LogP contribution in [0.5, 0.6) is 0 Å². The molecule has 0 fully saturated rings. The maximum Gasteiger partial charge on any atom is 0.335 e. The van der Waals surface area contributed by atoms with Crippen molar-refractivity contribution in [3.63, 3.8) is 0 Å². The zero-order valence-electron chi connectivity index (χ0n) is 7.26. The van der Waals surface area contributed by atoms with Crippen molar-refractivity contribution >= 4 is 27.6 Å². The predicted octanol–water partition coefficient (Wildman–Crippen LogP) is 2.53. The van der Waals surface area contributed by atoms with Crippen LogP contribution in [0.25, 0.3) is 0 Å². The lowest BCUT2D eigenvalue weighted by molar-refractivity contribution is 0.0697. The Labute approximate surface area is 89.1 Å². The third-order valence-electron chi connectivity index (χ3n) is 1.57. The van der Waals surface area contributed by atoms with E-state index in [9.17, 15) is 9.18 Å². The Hall–Kier alpha value is -1.10. The molecule has 0 spiro atoms. The van der Waals surface area contributed by atoms with Crippen molar-refractivity contribution in [1.29, 1.82) is 0 Å². The highest BCUT2D eigenvalue weighted by atomic mass is 79.9. The third-order valence-corrected chi connectivity index (χ3v) is 2.03. The van der Waals surface area contributed by atoms with Crippen LogP contribution >= 0.6 is 15.9 Å². The fraction of sp³-hybridized carbons (Fsp3) is 0.222. The Balaban J connectivity index is 2.89. The molecule has 0 aliphatic rings. The minimum atomic E-state index is -1.01. The Kier molecular flexibility index (Phi) is 3.88. The van der Waals surface area contributed by atoms with Crippen molar-refractivity contribution in [3.8, 4) is 0 Å². The summed E-state index contributed by atoms with van der Waals surface area (Å²) in [5, 5.41) is 11.5. The minimum Gasteiger partial charge on any atom is -0.478 e. The summed E-state index contributed by atoms with van der Waals surface area (Å²) < 4.78 is 12.5. The summed E-state index contributed by atoms with van der Waals surface area (Å²) in [6.07, 6.45) is 0. The van der Waals surface area contributed by atoms with Gasteiger partial charge in [0.1, 0.15) is 6.67 Å². The molecule has 0 unspecified atom stereocenters. The Bertz CT molecular complexity index is 344. The van der Waals surface area contributed by atoms with Gasteiger partial charge in [-0.2, -0.15) is 0 Å². The van der Waals surface area contributed by atoms with Crippen molar-refractivity contribution in [2.24, 2.45) is 0 Å². The molecule has 0 heterocycles. The highest BCUT2D eigenvalue weighted by Crippen LogP contribution is 2.19. The maximum atomic E-state index is 11.8. The molecule has 0 saturated heterocycles. The molecule has 1 aromatic carbocycles. The van der Waals surface area contributed by atoms with Crippen molar-refractivity contribution in [2.45, 2.75) is 0 Å². The number of hydrogen-bond donors (Lipinski definition) is 2. The SMILES string of the molecule is O=C(O)c1cc(Br)cc(NCCF)c1. The summed E-state index contributed by atoms with van der Waals surface area (Å²) in [5.74, 6) is -1.01. The normalized spacial score (nSPS) is 9.86. The molecule has 76 valence electrons. The van der Waals surface area contributed by atoms with Gasteiger partial charge in [-0.05, 0) is 18.2 Å². The van der Waals surface area contributed by atoms with E-state index in [1.54, 1.807) is 6.07 Å². The molecule has 1 aromatic rings. The van der Waals surface area contributed by atoms with Gasteiger partial charge in [-0.3, -0.25) is 0 Å². The molecule has 0 atom stereocenters. The molecule has 0 radical (unpaired) electrons. The molecule has 0 saturated carbocycles. The number of anilines is 1. The van der Waals surface area contributed by atoms with Crippen molar-refractivity contribution < 1.29 is 14.3 Å². The van der Waals surface area contributed by atoms with E-state index >= 15 is 0 Å². The molecule has 0 amide bonds. The average molecular weight is 262 g/mol. The number of rotatable bonds is 4. The van der Waals surface area contributed by atoms with Crippen molar-refractivity contribution in [1.82, 2.24) is 0 Å². The van der Waals surface area contributed by atoms with Gasteiger partial charge in [0.2, 0.25) is 0 Å². The average Bonchev–Trinajstić information content (AvgIpc) is 2.14. The van der Waals surface area contributed by atoms with Crippen LogP contribution in [0.15, 0.2) is 22.7 Å². The zero-order valence-corrected chi connectivity index (χ0v) is 8.84. The largest absolute Gasteiger partial charge is 0.478 e. The summed E-state index contributed by atoms with van der Waals surface area (Å²) >= 11 is 3.18. The van der Waals surface area contributed by atoms with E-state index in [-0.39, 0.29) is 12.1 Å². The van der Waals surface area contributed by atoms with Crippen LogP contribution in [0.4, 0.5) is 10.1 Å². The lowest BCUT2D eigenvalue weighted by Gasteiger charge is -2.05. The Morgan fingerprint density at radius 3 is 2.79 bits per heavy atom. The Morgan fingerprint density at radius 1 is 1.50 bits per heavy atom. The quantitative estimate of drug-likeness (QED) is 0.876. The number of hydrogen-bond acceptors (Lipinski definition) is 2. The lowest BCUT2D eigenvalue weighted by Crippen LogP contribution is -2.04. The van der Waals surface area contributed by atoms with Gasteiger partial charge in [0.15, 0.2) is 0 Å². The van der Waals surface area contributed by atoms with Crippen LogP contribution in [0.1, 0.15) is 10.4 Å². The maximum absolute atomic E-state index is 11.8. The van der Waals surface area contributed by atoms with Gasteiger partial charge < -0.3 is 10.4 Å². The van der Waals surface area contributed by atoms with E-state index in [2.05, 4.69) is 21.2 Å². The number of nitrogens with one attached hydrogen (secondary N) is 1. The Morgan fingerprint density at radius 2 is 2.21 bits per heavy atom. The lowest BCUT2D eigenvalue weighted by atomic mass is 10.2. The number of carboxylic acids is 1. The fourth-order valence-electron chi connectivity index (χ4n) is 1.01. The van der Waals surface area contributed by atoms with Gasteiger partial charge in [0, 0.05) is 16.7 Å². The first kappa shape index (κ1) is 11.0. The summed E-state index contributed by atoms with van der Waals surface area (Å²) in [6, 6.07) is 4.65. The molecule has 3 nitrogen and oxygen atoms in total. The molecular formula is C9H9BrFNO2. The van der Waals surface area contributed by atoms with Crippen molar-refractivity contribution in [3.05, 3.63) is 28.2 Å². The van der Waals surface area contributed by atoms with E-state index in [4.69, 9.17) is 5.11 Å². The molecular weight excluding hydrogens is 253 g/mol. The van der Waals surface area contributed by atoms with E-state index in [1.807, 2.05) is 0 Å². The first-order valence-electron chi connectivity index (χ1n) is 3.97. The summed E-state index contributed by atoms with van der Waals surface area (Å²) in [7, 11) is 0. The summed E-state index contributed by atoms with van der Waals surface area (Å²) in [6.45, 7) is -0.315. The van der Waals surface area contributed by atoms with Crippen LogP contribution in [0.3, 0.4) is 0 Å². The smallest absolute Gasteiger partial charge is 0.335 e. The van der Waals surface area contributed by atoms with Gasteiger partial charge in [0.05, 0.1) is 5.56 Å². The second-order valence-corrected chi connectivity index (χ2v) is 3.57. The molecule has 0 bridgehead atoms. The van der Waals surface area contributed by atoms with Gasteiger partial charge in [-0.1, -0.05) is 15.9 Å². The van der Waals surface area contributed by atoms with Crippen LogP contribution in [0.2, 0.25) is 0 Å². The monoisotopic (exact) mass is 261 g/mol. The summed E-state index contributed by atoms with van der Waals surface area (Å²) in [4.78, 5) is 10.7. The van der Waals surface area contributed by atoms with Crippen molar-refractivity contribution in [2.75, 3.05) is 18.5 Å². The van der Waals surface area contributed by atoms with E-state index in [1.165, 1.54) is 12.1 Å². The second-order valence-electron chi connectivity index (χ2n) is 2.65. The molecule has 2 N–H and O–H groups in total. The minimum absolute atomic E-state index is 0.167. The molecule has 0 aromatic heterocycles. The highest BCUT2D eigenvalue weighted by Gasteiger charge is 2.05. The van der Waals surface area contributed by atoms with Gasteiger partial charge in [0.25, 0.3) is 0 Å². The van der Waals surface area contributed by atoms with E-state index in [0.29, 0.717) is 10.2 Å². The van der Waals surface area contributed by atoms with Crippen LogP contribution < -0.4 is 5.32 Å². The van der Waals surface area contributed by atoms with Crippen LogP contribution in [-0.2, 0) is 0 Å². The fourth-order valence-corrected chi connectivity index (χ4v) is 1.50.